The van der Waals surface area contributed by atoms with E-state index < -0.39 is 5.97 Å². The van der Waals surface area contributed by atoms with Crippen molar-refractivity contribution in [2.45, 2.75) is 26.0 Å². The van der Waals surface area contributed by atoms with Crippen LogP contribution in [0.4, 0.5) is 0 Å². The molecule has 2 rings (SSSR count). The van der Waals surface area contributed by atoms with Crippen molar-refractivity contribution in [1.82, 2.24) is 5.32 Å². The molecule has 2 heterocycles. The van der Waals surface area contributed by atoms with E-state index >= 15 is 0 Å². The van der Waals surface area contributed by atoms with Crippen LogP contribution in [-0.4, -0.2) is 24.2 Å². The summed E-state index contributed by atoms with van der Waals surface area (Å²) >= 11 is 1.54. The molecule has 0 saturated carbocycles. The van der Waals surface area contributed by atoms with Gasteiger partial charge in [-0.15, -0.1) is 11.3 Å². The van der Waals surface area contributed by atoms with Crippen molar-refractivity contribution < 1.29 is 19.1 Å². The summed E-state index contributed by atoms with van der Waals surface area (Å²) in [6, 6.07) is 7.59. The average molecular weight is 309 g/mol. The van der Waals surface area contributed by atoms with E-state index in [-0.39, 0.29) is 6.42 Å². The summed E-state index contributed by atoms with van der Waals surface area (Å²) in [6.45, 7) is 2.83. The summed E-state index contributed by atoms with van der Waals surface area (Å²) in [5.74, 6) is 0.0533. The number of ether oxygens (including phenoxy) is 1. The first-order valence-electron chi connectivity index (χ1n) is 6.84. The lowest BCUT2D eigenvalue weighted by molar-refractivity contribution is -0.136. The number of carboxylic acids is 1. The second kappa shape index (κ2) is 8.61. The predicted octanol–water partition coefficient (Wildman–Crippen LogP) is 2.66. The van der Waals surface area contributed by atoms with E-state index in [4.69, 9.17) is 14.3 Å². The Labute approximate surface area is 127 Å². The van der Waals surface area contributed by atoms with Gasteiger partial charge in [0, 0.05) is 22.9 Å². The van der Waals surface area contributed by atoms with Gasteiger partial charge in [-0.1, -0.05) is 0 Å². The predicted molar refractivity (Wildman–Crippen MR) is 80.3 cm³/mol. The molecule has 114 valence electrons. The second-order valence-corrected chi connectivity index (χ2v) is 5.85. The molecule has 0 atom stereocenters. The zero-order chi connectivity index (χ0) is 14.9. The maximum atomic E-state index is 10.6. The standard InChI is InChI=1S/C15H19NO4S/c17-15(18)9-13-4-5-14(21-13)10-16-6-2-7-19-11-12-3-1-8-20-12/h1,3-5,8,16H,2,6-7,9-11H2,(H,17,18). The Morgan fingerprint density at radius 2 is 2.19 bits per heavy atom. The van der Waals surface area contributed by atoms with Crippen molar-refractivity contribution in [3.05, 3.63) is 46.0 Å². The van der Waals surface area contributed by atoms with Crippen LogP contribution in [0.5, 0.6) is 0 Å². The van der Waals surface area contributed by atoms with E-state index in [1.807, 2.05) is 24.3 Å². The Balaban J connectivity index is 1.51. The van der Waals surface area contributed by atoms with Crippen LogP contribution in [-0.2, 0) is 29.1 Å². The molecule has 5 nitrogen and oxygen atoms in total. The second-order valence-electron chi connectivity index (χ2n) is 4.60. The molecule has 0 radical (unpaired) electrons. The molecule has 0 saturated heterocycles. The first-order valence-corrected chi connectivity index (χ1v) is 7.66. The summed E-state index contributed by atoms with van der Waals surface area (Å²) in [7, 11) is 0. The van der Waals surface area contributed by atoms with Crippen molar-refractivity contribution in [3.8, 4) is 0 Å². The first-order chi connectivity index (χ1) is 10.2. The highest BCUT2D eigenvalue weighted by Gasteiger charge is 2.04. The minimum Gasteiger partial charge on any atom is -0.481 e. The van der Waals surface area contributed by atoms with E-state index in [1.165, 1.54) is 0 Å². The maximum absolute atomic E-state index is 10.6. The zero-order valence-electron chi connectivity index (χ0n) is 11.7. The van der Waals surface area contributed by atoms with Gasteiger partial charge in [0.05, 0.1) is 12.7 Å². The fourth-order valence-electron chi connectivity index (χ4n) is 1.84. The van der Waals surface area contributed by atoms with E-state index in [9.17, 15) is 4.79 Å². The maximum Gasteiger partial charge on any atom is 0.308 e. The smallest absolute Gasteiger partial charge is 0.308 e. The van der Waals surface area contributed by atoms with Gasteiger partial charge in [-0.05, 0) is 37.2 Å². The van der Waals surface area contributed by atoms with Crippen LogP contribution in [0, 0.1) is 0 Å². The van der Waals surface area contributed by atoms with E-state index in [2.05, 4.69) is 5.32 Å². The van der Waals surface area contributed by atoms with Crippen LogP contribution in [0.1, 0.15) is 21.9 Å². The Morgan fingerprint density at radius 1 is 1.33 bits per heavy atom. The van der Waals surface area contributed by atoms with Gasteiger partial charge in [0.1, 0.15) is 12.4 Å². The fraction of sp³-hybridized carbons (Fsp3) is 0.400. The number of carboxylic acid groups (broad SMARTS) is 1. The first kappa shape index (κ1) is 15.8. The average Bonchev–Trinajstić information content (AvgIpc) is 3.09. The van der Waals surface area contributed by atoms with Crippen molar-refractivity contribution in [1.29, 1.82) is 0 Å². The topological polar surface area (TPSA) is 71.7 Å². The Hall–Kier alpha value is -1.63. The van der Waals surface area contributed by atoms with E-state index in [0.29, 0.717) is 13.2 Å². The van der Waals surface area contributed by atoms with Gasteiger partial charge in [-0.25, -0.2) is 0 Å². The quantitative estimate of drug-likeness (QED) is 0.660. The number of aliphatic carboxylic acids is 1. The van der Waals surface area contributed by atoms with Crippen LogP contribution < -0.4 is 5.32 Å². The third-order valence-corrected chi connectivity index (χ3v) is 3.89. The molecule has 2 aromatic rings. The summed E-state index contributed by atoms with van der Waals surface area (Å²) in [4.78, 5) is 12.6. The fourth-order valence-corrected chi connectivity index (χ4v) is 2.82. The third kappa shape index (κ3) is 6.12. The molecule has 0 fully saturated rings. The highest BCUT2D eigenvalue weighted by atomic mass is 32.1. The summed E-state index contributed by atoms with van der Waals surface area (Å²) in [5, 5.41) is 12.0. The molecule has 21 heavy (non-hydrogen) atoms. The normalized spacial score (nSPS) is 10.9. The van der Waals surface area contributed by atoms with Crippen LogP contribution in [0.25, 0.3) is 0 Å². The Morgan fingerprint density at radius 3 is 2.95 bits per heavy atom. The van der Waals surface area contributed by atoms with Crippen molar-refractivity contribution >= 4 is 17.3 Å². The molecule has 0 aromatic carbocycles. The molecular formula is C15H19NO4S. The van der Waals surface area contributed by atoms with Crippen LogP contribution >= 0.6 is 11.3 Å². The minimum absolute atomic E-state index is 0.102. The summed E-state index contributed by atoms with van der Waals surface area (Å²) in [6.07, 6.45) is 2.67. The SMILES string of the molecule is O=C(O)Cc1ccc(CNCCCOCc2ccco2)s1. The van der Waals surface area contributed by atoms with E-state index in [0.717, 1.165) is 35.0 Å². The van der Waals surface area contributed by atoms with Gasteiger partial charge < -0.3 is 19.6 Å². The number of hydrogen-bond acceptors (Lipinski definition) is 5. The highest BCUT2D eigenvalue weighted by molar-refractivity contribution is 7.12. The summed E-state index contributed by atoms with van der Waals surface area (Å²) in [5.41, 5.74) is 0. The number of nitrogens with one attached hydrogen (secondary N) is 1. The number of rotatable bonds is 10. The number of carbonyl (C=O) groups is 1. The molecule has 2 N–H and O–H groups in total. The Kier molecular flexibility index (Phi) is 6.46. The van der Waals surface area contributed by atoms with Crippen molar-refractivity contribution in [2.75, 3.05) is 13.2 Å². The summed E-state index contributed by atoms with van der Waals surface area (Å²) < 4.78 is 10.6. The van der Waals surface area contributed by atoms with Gasteiger partial charge in [-0.2, -0.15) is 0 Å². The monoisotopic (exact) mass is 309 g/mol. The minimum atomic E-state index is -0.787. The molecule has 0 spiro atoms. The van der Waals surface area contributed by atoms with Crippen molar-refractivity contribution in [2.24, 2.45) is 0 Å². The lowest BCUT2D eigenvalue weighted by Gasteiger charge is -2.04. The van der Waals surface area contributed by atoms with E-state index in [1.54, 1.807) is 17.6 Å². The largest absolute Gasteiger partial charge is 0.481 e. The van der Waals surface area contributed by atoms with Gasteiger partial charge in [-0.3, -0.25) is 4.79 Å². The molecule has 0 amide bonds. The number of thiophene rings is 1. The van der Waals surface area contributed by atoms with Gasteiger partial charge >= 0.3 is 5.97 Å². The van der Waals surface area contributed by atoms with Crippen molar-refractivity contribution in [3.63, 3.8) is 0 Å². The van der Waals surface area contributed by atoms with Crippen LogP contribution in [0.3, 0.4) is 0 Å². The molecule has 0 aliphatic carbocycles. The van der Waals surface area contributed by atoms with Gasteiger partial charge in [0.2, 0.25) is 0 Å². The van der Waals surface area contributed by atoms with Crippen LogP contribution in [0.15, 0.2) is 34.9 Å². The number of hydrogen-bond donors (Lipinski definition) is 2. The lowest BCUT2D eigenvalue weighted by Crippen LogP contribution is -2.15. The Bertz CT molecular complexity index is 536. The molecule has 0 aliphatic rings. The molecule has 6 heteroatoms. The lowest BCUT2D eigenvalue weighted by atomic mass is 10.3. The zero-order valence-corrected chi connectivity index (χ0v) is 12.5. The van der Waals surface area contributed by atoms with Gasteiger partial charge in [0.25, 0.3) is 0 Å². The van der Waals surface area contributed by atoms with Crippen LogP contribution in [0.2, 0.25) is 0 Å². The molecule has 0 bridgehead atoms. The molecule has 0 unspecified atom stereocenters. The molecule has 2 aromatic heterocycles. The number of furan rings is 1. The highest BCUT2D eigenvalue weighted by Crippen LogP contribution is 2.16. The molecular weight excluding hydrogens is 290 g/mol. The molecule has 0 aliphatic heterocycles. The van der Waals surface area contributed by atoms with Gasteiger partial charge in [0.15, 0.2) is 0 Å². The third-order valence-electron chi connectivity index (χ3n) is 2.81.